The summed E-state index contributed by atoms with van der Waals surface area (Å²) in [6.07, 6.45) is 5.02. The van der Waals surface area contributed by atoms with Gasteiger partial charge in [-0.15, -0.1) is 0 Å². The van der Waals surface area contributed by atoms with E-state index in [1.807, 2.05) is 77.7 Å². The number of nitrogens with zero attached hydrogens (tertiary/aromatic N) is 4. The highest BCUT2D eigenvalue weighted by Gasteiger charge is 2.35. The number of halogens is 1. The highest BCUT2D eigenvalue weighted by atomic mass is 35.5. The van der Waals surface area contributed by atoms with Gasteiger partial charge in [0.1, 0.15) is 0 Å². The van der Waals surface area contributed by atoms with Crippen molar-refractivity contribution in [3.63, 3.8) is 0 Å². The molecule has 3 heterocycles. The van der Waals surface area contributed by atoms with Crippen LogP contribution >= 0.6 is 11.6 Å². The van der Waals surface area contributed by atoms with Gasteiger partial charge in [0.15, 0.2) is 0 Å². The van der Waals surface area contributed by atoms with Gasteiger partial charge < -0.3 is 10.1 Å². The summed E-state index contributed by atoms with van der Waals surface area (Å²) in [6.45, 7) is 2.93. The molecule has 0 radical (unpaired) electrons. The molecule has 1 aliphatic rings. The normalized spacial score (nSPS) is 14.6. The van der Waals surface area contributed by atoms with E-state index < -0.39 is 17.9 Å². The first-order valence-electron chi connectivity index (χ1n) is 14.9. The summed E-state index contributed by atoms with van der Waals surface area (Å²) in [6, 6.07) is 22.5. The highest BCUT2D eigenvalue weighted by Crippen LogP contribution is 2.36. The van der Waals surface area contributed by atoms with Crippen molar-refractivity contribution in [1.29, 1.82) is 0 Å². The van der Waals surface area contributed by atoms with Crippen molar-refractivity contribution in [3.8, 4) is 11.1 Å². The molecule has 2 aromatic heterocycles. The third kappa shape index (κ3) is 6.44. The second-order valence-corrected chi connectivity index (χ2v) is 11.6. The van der Waals surface area contributed by atoms with Gasteiger partial charge in [-0.2, -0.15) is 10.2 Å². The zero-order valence-corrected chi connectivity index (χ0v) is 25.5. The Bertz CT molecular complexity index is 1960. The highest BCUT2D eigenvalue weighted by molar-refractivity contribution is 6.31. The Morgan fingerprint density at radius 2 is 1.80 bits per heavy atom. The lowest BCUT2D eigenvalue weighted by atomic mass is 9.91. The maximum absolute atomic E-state index is 13.7. The van der Waals surface area contributed by atoms with E-state index in [0.717, 1.165) is 46.2 Å². The molecule has 5 aromatic rings. The summed E-state index contributed by atoms with van der Waals surface area (Å²) in [5.41, 5.74) is 5.76. The summed E-state index contributed by atoms with van der Waals surface area (Å²) in [5, 5.41) is 21.1. The monoisotopic (exact) mass is 621 g/mol. The minimum Gasteiger partial charge on any atom is -0.481 e. The summed E-state index contributed by atoms with van der Waals surface area (Å²) >= 11 is 6.42. The fraction of sp³-hybridized carbons (Fsp3) is 0.229. The zero-order valence-electron chi connectivity index (χ0n) is 24.7. The number of benzene rings is 3. The average Bonchev–Trinajstić information content (AvgIpc) is 3.69. The van der Waals surface area contributed by atoms with Crippen molar-refractivity contribution >= 4 is 40.1 Å². The van der Waals surface area contributed by atoms with Gasteiger partial charge in [-0.25, -0.2) is 5.01 Å². The van der Waals surface area contributed by atoms with Crippen LogP contribution in [0.25, 0.3) is 22.0 Å². The van der Waals surface area contributed by atoms with Crippen LogP contribution in [0.4, 0.5) is 0 Å². The average molecular weight is 622 g/mol. The SMILES string of the molecule is CCCn1cc(-c2ccc(C3CC(c4c(Cc5ccccc5)c5cc(Cl)ccc5[nH]c4=O)=NN3C(=O)CCC(=O)O)cc2)cn1. The summed E-state index contributed by atoms with van der Waals surface area (Å²) in [4.78, 5) is 41.5. The number of hydrazone groups is 1. The lowest BCUT2D eigenvalue weighted by Gasteiger charge is -2.22. The number of fused-ring (bicyclic) bond motifs is 1. The van der Waals surface area contributed by atoms with Crippen LogP contribution in [-0.2, 0) is 22.6 Å². The molecular formula is C35H32ClN5O4. The number of carboxylic acid groups (broad SMARTS) is 1. The lowest BCUT2D eigenvalue weighted by molar-refractivity contribution is -0.141. The van der Waals surface area contributed by atoms with Crippen LogP contribution in [0.3, 0.4) is 0 Å². The van der Waals surface area contributed by atoms with E-state index in [0.29, 0.717) is 28.2 Å². The number of aliphatic carboxylic acids is 1. The van der Waals surface area contributed by atoms with Crippen LogP contribution in [0.5, 0.6) is 0 Å². The van der Waals surface area contributed by atoms with Crippen LogP contribution < -0.4 is 5.56 Å². The van der Waals surface area contributed by atoms with Gasteiger partial charge in [0.05, 0.1) is 29.9 Å². The van der Waals surface area contributed by atoms with Crippen LogP contribution in [0.15, 0.2) is 95.1 Å². The Morgan fingerprint density at radius 3 is 2.53 bits per heavy atom. The van der Waals surface area contributed by atoms with Crippen LogP contribution in [-0.4, -0.2) is 42.5 Å². The van der Waals surface area contributed by atoms with E-state index in [9.17, 15) is 19.5 Å². The standard InChI is InChI=1S/C35H32ClN5O4/c1-2-16-40-21-25(20-37-40)23-8-10-24(11-9-23)31-19-30(39-41(31)32(42)14-15-33(43)44)34-28(17-22-6-4-3-5-7-22)27-18-26(36)12-13-29(27)38-35(34)45/h3-13,18,20-21,31H,2,14-17,19H2,1H3,(H,38,45)(H,43,44). The predicted octanol–water partition coefficient (Wildman–Crippen LogP) is 6.59. The van der Waals surface area contributed by atoms with Gasteiger partial charge in [0.25, 0.3) is 5.56 Å². The summed E-state index contributed by atoms with van der Waals surface area (Å²) in [5.74, 6) is -1.49. The molecule has 1 unspecified atom stereocenters. The van der Waals surface area contributed by atoms with Crippen molar-refractivity contribution in [2.24, 2.45) is 5.10 Å². The van der Waals surface area contributed by atoms with Crippen molar-refractivity contribution in [3.05, 3.63) is 123 Å². The fourth-order valence-corrected chi connectivity index (χ4v) is 6.03. The van der Waals surface area contributed by atoms with E-state index in [-0.39, 0.29) is 24.8 Å². The molecule has 1 aliphatic heterocycles. The van der Waals surface area contributed by atoms with Crippen LogP contribution in [0.1, 0.15) is 60.9 Å². The molecule has 6 rings (SSSR count). The number of rotatable bonds is 10. The lowest BCUT2D eigenvalue weighted by Crippen LogP contribution is -2.27. The molecule has 2 N–H and O–H groups in total. The van der Waals surface area contributed by atoms with Crippen molar-refractivity contribution in [2.45, 2.75) is 51.6 Å². The molecule has 0 aliphatic carbocycles. The number of aryl methyl sites for hydroxylation is 1. The Kier molecular flexibility index (Phi) is 8.62. The molecule has 0 saturated carbocycles. The quantitative estimate of drug-likeness (QED) is 0.182. The summed E-state index contributed by atoms with van der Waals surface area (Å²) < 4.78 is 1.91. The van der Waals surface area contributed by atoms with Crippen molar-refractivity contribution in [2.75, 3.05) is 0 Å². The van der Waals surface area contributed by atoms with Crippen LogP contribution in [0, 0.1) is 0 Å². The Morgan fingerprint density at radius 1 is 1.02 bits per heavy atom. The van der Waals surface area contributed by atoms with E-state index in [4.69, 9.17) is 16.7 Å². The van der Waals surface area contributed by atoms with E-state index in [2.05, 4.69) is 17.0 Å². The van der Waals surface area contributed by atoms with Gasteiger partial charge in [-0.1, -0.05) is 73.1 Å². The smallest absolute Gasteiger partial charge is 0.303 e. The molecule has 1 amide bonds. The molecule has 228 valence electrons. The minimum atomic E-state index is -1.07. The van der Waals surface area contributed by atoms with Crippen LogP contribution in [0.2, 0.25) is 5.02 Å². The molecule has 0 fully saturated rings. The molecule has 0 saturated heterocycles. The van der Waals surface area contributed by atoms with Gasteiger partial charge in [0, 0.05) is 47.1 Å². The van der Waals surface area contributed by atoms with Gasteiger partial charge >= 0.3 is 5.97 Å². The Hall–Kier alpha value is -5.02. The Labute approximate surface area is 264 Å². The maximum atomic E-state index is 13.7. The second kappa shape index (κ2) is 12.9. The van der Waals surface area contributed by atoms with E-state index in [1.54, 1.807) is 12.1 Å². The van der Waals surface area contributed by atoms with E-state index in [1.165, 1.54) is 5.01 Å². The van der Waals surface area contributed by atoms with E-state index >= 15 is 0 Å². The number of carboxylic acids is 1. The number of carbonyl (C=O) groups excluding carboxylic acids is 1. The number of pyridine rings is 1. The molecule has 3 aromatic carbocycles. The third-order valence-electron chi connectivity index (χ3n) is 8.03. The fourth-order valence-electron chi connectivity index (χ4n) is 5.86. The first-order valence-corrected chi connectivity index (χ1v) is 15.3. The number of amides is 1. The van der Waals surface area contributed by atoms with Crippen molar-refractivity contribution in [1.82, 2.24) is 19.8 Å². The number of aromatic amines is 1. The Balaban J connectivity index is 1.41. The number of hydrogen-bond acceptors (Lipinski definition) is 5. The zero-order chi connectivity index (χ0) is 31.5. The molecule has 9 nitrogen and oxygen atoms in total. The first-order chi connectivity index (χ1) is 21.8. The third-order valence-corrected chi connectivity index (χ3v) is 8.26. The predicted molar refractivity (Wildman–Crippen MR) is 174 cm³/mol. The van der Waals surface area contributed by atoms with Gasteiger partial charge in [0.2, 0.25) is 5.91 Å². The summed E-state index contributed by atoms with van der Waals surface area (Å²) in [7, 11) is 0. The van der Waals surface area contributed by atoms with Crippen molar-refractivity contribution < 1.29 is 14.7 Å². The first kappa shape index (κ1) is 30.0. The number of hydrogen-bond donors (Lipinski definition) is 2. The molecule has 10 heteroatoms. The molecule has 1 atom stereocenters. The molecule has 45 heavy (non-hydrogen) atoms. The molecule has 0 spiro atoms. The number of aromatic nitrogens is 3. The molecule has 0 bridgehead atoms. The molecular weight excluding hydrogens is 590 g/mol. The van der Waals surface area contributed by atoms with Gasteiger partial charge in [-0.05, 0) is 53.3 Å². The number of H-pyrrole nitrogens is 1. The maximum Gasteiger partial charge on any atom is 0.303 e. The minimum absolute atomic E-state index is 0.210. The largest absolute Gasteiger partial charge is 0.481 e. The number of nitrogens with one attached hydrogen (secondary N) is 1. The van der Waals surface area contributed by atoms with Gasteiger partial charge in [-0.3, -0.25) is 19.1 Å². The topological polar surface area (TPSA) is 121 Å². The number of carbonyl (C=O) groups is 2. The second-order valence-electron chi connectivity index (χ2n) is 11.2.